The molecular formula is C11H14F3N3. The topological polar surface area (TPSA) is 28.2 Å². The molecule has 1 aromatic rings. The summed E-state index contributed by atoms with van der Waals surface area (Å²) < 4.78 is 37.0. The van der Waals surface area contributed by atoms with E-state index in [4.69, 9.17) is 0 Å². The van der Waals surface area contributed by atoms with Crippen LogP contribution in [0, 0.1) is 0 Å². The first-order valence-electron chi connectivity index (χ1n) is 5.51. The number of hydrogen-bond donors (Lipinski definition) is 1. The summed E-state index contributed by atoms with van der Waals surface area (Å²) in [6, 6.07) is 2.54. The lowest BCUT2D eigenvalue weighted by atomic mass is 10.2. The van der Waals surface area contributed by atoms with Crippen LogP contribution in [0.2, 0.25) is 0 Å². The van der Waals surface area contributed by atoms with Crippen LogP contribution in [-0.4, -0.2) is 36.1 Å². The highest BCUT2D eigenvalue weighted by Crippen LogP contribution is 2.28. The van der Waals surface area contributed by atoms with Crippen LogP contribution in [0.25, 0.3) is 0 Å². The van der Waals surface area contributed by atoms with E-state index >= 15 is 0 Å². The van der Waals surface area contributed by atoms with E-state index in [0.717, 1.165) is 38.4 Å². The van der Waals surface area contributed by atoms with Crippen molar-refractivity contribution in [3.63, 3.8) is 0 Å². The lowest BCUT2D eigenvalue weighted by Gasteiger charge is -2.26. The molecule has 0 bridgehead atoms. The molecule has 94 valence electrons. The number of nitrogens with zero attached hydrogens (tertiary/aromatic N) is 2. The number of nitrogens with one attached hydrogen (secondary N) is 1. The molecule has 0 aromatic carbocycles. The zero-order chi connectivity index (χ0) is 12.3. The Balaban J connectivity index is 1.98. The van der Waals surface area contributed by atoms with Crippen molar-refractivity contribution in [1.82, 2.24) is 15.2 Å². The van der Waals surface area contributed by atoms with Crippen molar-refractivity contribution in [2.45, 2.75) is 12.7 Å². The Morgan fingerprint density at radius 2 is 1.94 bits per heavy atom. The molecule has 1 fully saturated rings. The van der Waals surface area contributed by atoms with Gasteiger partial charge in [-0.25, -0.2) is 0 Å². The summed E-state index contributed by atoms with van der Waals surface area (Å²) in [6.07, 6.45) is -3.40. The van der Waals surface area contributed by atoms with E-state index in [0.29, 0.717) is 12.2 Å². The van der Waals surface area contributed by atoms with Crippen molar-refractivity contribution >= 4 is 0 Å². The first kappa shape index (κ1) is 12.3. The number of halogens is 3. The monoisotopic (exact) mass is 245 g/mol. The number of rotatable bonds is 2. The van der Waals surface area contributed by atoms with E-state index in [-0.39, 0.29) is 0 Å². The van der Waals surface area contributed by atoms with E-state index in [1.165, 1.54) is 6.07 Å². The normalized spacial score (nSPS) is 18.3. The van der Waals surface area contributed by atoms with Crippen LogP contribution in [-0.2, 0) is 12.7 Å². The van der Waals surface area contributed by atoms with Crippen LogP contribution in [0.3, 0.4) is 0 Å². The molecule has 1 aromatic heterocycles. The van der Waals surface area contributed by atoms with Crippen LogP contribution >= 0.6 is 0 Å². The molecule has 1 saturated heterocycles. The fourth-order valence-electron chi connectivity index (χ4n) is 1.78. The van der Waals surface area contributed by atoms with Gasteiger partial charge in [-0.3, -0.25) is 9.88 Å². The van der Waals surface area contributed by atoms with E-state index in [1.807, 2.05) is 0 Å². The average molecular weight is 245 g/mol. The van der Waals surface area contributed by atoms with Crippen molar-refractivity contribution in [1.29, 1.82) is 0 Å². The van der Waals surface area contributed by atoms with Gasteiger partial charge in [-0.05, 0) is 12.1 Å². The third-order valence-corrected chi connectivity index (χ3v) is 2.75. The summed E-state index contributed by atoms with van der Waals surface area (Å²) in [4.78, 5) is 6.03. The highest BCUT2D eigenvalue weighted by atomic mass is 19.4. The SMILES string of the molecule is FC(F)(F)c1ccc(CN2CCNCC2)nc1. The third-order valence-electron chi connectivity index (χ3n) is 2.75. The molecule has 6 heteroatoms. The summed E-state index contributed by atoms with van der Waals surface area (Å²) >= 11 is 0. The molecular weight excluding hydrogens is 231 g/mol. The average Bonchev–Trinajstić information content (AvgIpc) is 2.30. The predicted octanol–water partition coefficient (Wildman–Crippen LogP) is 1.51. The van der Waals surface area contributed by atoms with Gasteiger partial charge in [0, 0.05) is 38.9 Å². The number of aromatic nitrogens is 1. The largest absolute Gasteiger partial charge is 0.417 e. The summed E-state index contributed by atoms with van der Waals surface area (Å²) in [5, 5.41) is 3.22. The second kappa shape index (κ2) is 5.01. The van der Waals surface area contributed by atoms with Gasteiger partial charge in [0.2, 0.25) is 0 Å². The van der Waals surface area contributed by atoms with Gasteiger partial charge in [0.05, 0.1) is 11.3 Å². The van der Waals surface area contributed by atoms with Crippen molar-refractivity contribution in [2.75, 3.05) is 26.2 Å². The Hall–Kier alpha value is -1.14. The molecule has 2 heterocycles. The number of hydrogen-bond acceptors (Lipinski definition) is 3. The fourth-order valence-corrected chi connectivity index (χ4v) is 1.78. The van der Waals surface area contributed by atoms with Gasteiger partial charge in [-0.2, -0.15) is 13.2 Å². The minimum Gasteiger partial charge on any atom is -0.314 e. The van der Waals surface area contributed by atoms with Crippen molar-refractivity contribution in [3.05, 3.63) is 29.6 Å². The smallest absolute Gasteiger partial charge is 0.314 e. The van der Waals surface area contributed by atoms with Gasteiger partial charge in [0.15, 0.2) is 0 Å². The highest BCUT2D eigenvalue weighted by molar-refractivity contribution is 5.16. The third kappa shape index (κ3) is 3.41. The maximum absolute atomic E-state index is 12.3. The molecule has 0 saturated carbocycles. The number of pyridine rings is 1. The first-order valence-corrected chi connectivity index (χ1v) is 5.51. The van der Waals surface area contributed by atoms with Crippen LogP contribution in [0.1, 0.15) is 11.3 Å². The number of piperazine rings is 1. The maximum atomic E-state index is 12.3. The van der Waals surface area contributed by atoms with Gasteiger partial charge in [0.25, 0.3) is 0 Å². The lowest BCUT2D eigenvalue weighted by molar-refractivity contribution is -0.137. The Bertz CT molecular complexity index is 355. The van der Waals surface area contributed by atoms with Gasteiger partial charge < -0.3 is 5.32 Å². The first-order chi connectivity index (χ1) is 8.05. The zero-order valence-corrected chi connectivity index (χ0v) is 9.30. The van der Waals surface area contributed by atoms with Crippen LogP contribution in [0.4, 0.5) is 13.2 Å². The Morgan fingerprint density at radius 1 is 1.24 bits per heavy atom. The molecule has 2 rings (SSSR count). The van der Waals surface area contributed by atoms with Gasteiger partial charge >= 0.3 is 6.18 Å². The lowest BCUT2D eigenvalue weighted by Crippen LogP contribution is -2.43. The minimum absolute atomic E-state index is 0.611. The summed E-state index contributed by atoms with van der Waals surface area (Å²) in [5.41, 5.74) is -0.0125. The highest BCUT2D eigenvalue weighted by Gasteiger charge is 2.30. The van der Waals surface area contributed by atoms with E-state index < -0.39 is 11.7 Å². The second-order valence-corrected chi connectivity index (χ2v) is 4.06. The van der Waals surface area contributed by atoms with E-state index in [2.05, 4.69) is 15.2 Å². The molecule has 0 radical (unpaired) electrons. The van der Waals surface area contributed by atoms with Crippen molar-refractivity contribution in [3.8, 4) is 0 Å². The summed E-state index contributed by atoms with van der Waals surface area (Å²) in [5.74, 6) is 0. The van der Waals surface area contributed by atoms with Crippen LogP contribution in [0.5, 0.6) is 0 Å². The van der Waals surface area contributed by atoms with Crippen molar-refractivity contribution in [2.24, 2.45) is 0 Å². The molecule has 3 nitrogen and oxygen atoms in total. The van der Waals surface area contributed by atoms with Gasteiger partial charge in [-0.1, -0.05) is 0 Å². The zero-order valence-electron chi connectivity index (χ0n) is 9.30. The van der Waals surface area contributed by atoms with E-state index in [9.17, 15) is 13.2 Å². The van der Waals surface area contributed by atoms with E-state index in [1.54, 1.807) is 0 Å². The van der Waals surface area contributed by atoms with Crippen LogP contribution < -0.4 is 5.32 Å². The molecule has 1 aliphatic heterocycles. The molecule has 1 N–H and O–H groups in total. The van der Waals surface area contributed by atoms with Gasteiger partial charge in [0.1, 0.15) is 0 Å². The maximum Gasteiger partial charge on any atom is 0.417 e. The molecule has 0 atom stereocenters. The van der Waals surface area contributed by atoms with Gasteiger partial charge in [-0.15, -0.1) is 0 Å². The molecule has 0 spiro atoms. The summed E-state index contributed by atoms with van der Waals surface area (Å²) in [7, 11) is 0. The Kier molecular flexibility index (Phi) is 3.63. The molecule has 17 heavy (non-hydrogen) atoms. The number of alkyl halides is 3. The van der Waals surface area contributed by atoms with Crippen molar-refractivity contribution < 1.29 is 13.2 Å². The predicted molar refractivity (Wildman–Crippen MR) is 57.4 cm³/mol. The minimum atomic E-state index is -4.30. The fraction of sp³-hybridized carbons (Fsp3) is 0.545. The molecule has 0 amide bonds. The quantitative estimate of drug-likeness (QED) is 0.856. The summed E-state index contributed by atoms with van der Waals surface area (Å²) in [6.45, 7) is 4.26. The molecule has 0 aliphatic carbocycles. The standard InChI is InChI=1S/C11H14F3N3/c12-11(13,14)9-1-2-10(16-7-9)8-17-5-3-15-4-6-17/h1-2,7,15H,3-6,8H2. The Morgan fingerprint density at radius 3 is 2.47 bits per heavy atom. The van der Waals surface area contributed by atoms with Crippen LogP contribution in [0.15, 0.2) is 18.3 Å². The Labute approximate surface area is 97.6 Å². The molecule has 1 aliphatic rings. The molecule has 0 unspecified atom stereocenters. The second-order valence-electron chi connectivity index (χ2n) is 4.06.